The second-order valence-corrected chi connectivity index (χ2v) is 6.80. The zero-order chi connectivity index (χ0) is 21.8. The number of hydrogen-bond donors (Lipinski definition) is 3. The molecule has 1 aliphatic rings. The van der Waals surface area contributed by atoms with Crippen LogP contribution in [-0.2, 0) is 4.79 Å². The van der Waals surface area contributed by atoms with Gasteiger partial charge < -0.3 is 20.7 Å². The molecule has 9 heteroatoms. The van der Waals surface area contributed by atoms with Crippen molar-refractivity contribution in [3.8, 4) is 5.75 Å². The smallest absolute Gasteiger partial charge is 0.319 e. The zero-order valence-corrected chi connectivity index (χ0v) is 16.6. The Balaban J connectivity index is 2.03. The van der Waals surface area contributed by atoms with Crippen LogP contribution in [0.2, 0.25) is 0 Å². The molecule has 0 radical (unpaired) electrons. The summed E-state index contributed by atoms with van der Waals surface area (Å²) in [5.74, 6) is -0.999. The van der Waals surface area contributed by atoms with Crippen LogP contribution in [0.5, 0.6) is 5.75 Å². The number of benzene rings is 2. The average molecular weight is 410 g/mol. The highest BCUT2D eigenvalue weighted by atomic mass is 16.6. The van der Waals surface area contributed by atoms with Crippen LogP contribution in [0.1, 0.15) is 24.1 Å². The molecule has 1 aliphatic heterocycles. The third kappa shape index (κ3) is 4.24. The van der Waals surface area contributed by atoms with Crippen molar-refractivity contribution >= 4 is 23.3 Å². The fourth-order valence-electron chi connectivity index (χ4n) is 3.36. The predicted molar refractivity (Wildman–Crippen MR) is 111 cm³/mol. The number of nitro groups is 1. The number of rotatable bonds is 6. The predicted octanol–water partition coefficient (Wildman–Crippen LogP) is 3.42. The van der Waals surface area contributed by atoms with E-state index in [2.05, 4.69) is 22.5 Å². The molecule has 0 aliphatic carbocycles. The Labute approximate surface area is 173 Å². The fourth-order valence-corrected chi connectivity index (χ4v) is 3.36. The number of nitrogens with zero attached hydrogens (tertiary/aromatic N) is 1. The molecule has 30 heavy (non-hydrogen) atoms. The Bertz CT molecular complexity index is 1020. The summed E-state index contributed by atoms with van der Waals surface area (Å²) < 4.78 is 5.61. The molecule has 0 spiro atoms. The number of aryl methyl sites for hydroxylation is 1. The van der Waals surface area contributed by atoms with Gasteiger partial charge in [-0.3, -0.25) is 14.9 Å². The lowest BCUT2D eigenvalue weighted by Gasteiger charge is -2.34. The molecule has 1 saturated heterocycles. The van der Waals surface area contributed by atoms with E-state index in [1.54, 1.807) is 19.1 Å². The number of amides is 3. The molecular formula is C21H22N4O5. The van der Waals surface area contributed by atoms with E-state index in [1.807, 2.05) is 19.1 Å². The lowest BCUT2D eigenvalue weighted by atomic mass is 9.87. The van der Waals surface area contributed by atoms with Crippen LogP contribution in [0, 0.1) is 23.0 Å². The Kier molecular flexibility index (Phi) is 6.01. The minimum atomic E-state index is -0.927. The van der Waals surface area contributed by atoms with Gasteiger partial charge in [-0.25, -0.2) is 4.79 Å². The normalized spacial score (nSPS) is 18.2. The van der Waals surface area contributed by atoms with Gasteiger partial charge in [-0.05, 0) is 31.5 Å². The third-order valence-corrected chi connectivity index (χ3v) is 4.79. The van der Waals surface area contributed by atoms with Crippen molar-refractivity contribution in [1.29, 1.82) is 0 Å². The monoisotopic (exact) mass is 410 g/mol. The molecule has 3 amide bonds. The van der Waals surface area contributed by atoms with Gasteiger partial charge in [0.15, 0.2) is 0 Å². The van der Waals surface area contributed by atoms with E-state index in [4.69, 9.17) is 4.74 Å². The number of anilines is 1. The second-order valence-electron chi connectivity index (χ2n) is 6.80. The number of nitrogens with one attached hydrogen (secondary N) is 3. The Morgan fingerprint density at radius 3 is 2.70 bits per heavy atom. The molecule has 0 saturated carbocycles. The van der Waals surface area contributed by atoms with Crippen molar-refractivity contribution < 1.29 is 19.2 Å². The van der Waals surface area contributed by atoms with Crippen LogP contribution in [-0.4, -0.2) is 23.5 Å². The van der Waals surface area contributed by atoms with Gasteiger partial charge in [0.25, 0.3) is 5.69 Å². The number of hydrogen-bond acceptors (Lipinski definition) is 5. The summed E-state index contributed by atoms with van der Waals surface area (Å²) in [6.07, 6.45) is 0. The molecule has 0 aromatic heterocycles. The first-order valence-corrected chi connectivity index (χ1v) is 9.35. The van der Waals surface area contributed by atoms with Crippen LogP contribution >= 0.6 is 0 Å². The van der Waals surface area contributed by atoms with E-state index in [0.717, 1.165) is 5.56 Å². The first-order valence-electron chi connectivity index (χ1n) is 9.35. The summed E-state index contributed by atoms with van der Waals surface area (Å²) in [7, 11) is 0. The van der Waals surface area contributed by atoms with E-state index >= 15 is 0 Å². The number of non-ortho nitro benzene ring substituents is 1. The van der Waals surface area contributed by atoms with Gasteiger partial charge in [0.2, 0.25) is 5.91 Å². The standard InChI is InChI=1S/C21H22N4O5/c1-4-30-17-10-9-14(25(28)29)11-15(17)19-18(13(3)22-21(27)24-19)20(26)23-16-8-6-5-7-12(16)2/h5-11,18-19H,3-4H2,1-2H3,(H,23,26)(H2,22,24,27)/t18-,19-/m1/s1. The molecule has 3 rings (SSSR count). The Morgan fingerprint density at radius 2 is 2.03 bits per heavy atom. The maximum atomic E-state index is 13.2. The summed E-state index contributed by atoms with van der Waals surface area (Å²) in [5, 5.41) is 19.3. The van der Waals surface area contributed by atoms with E-state index in [1.165, 1.54) is 18.2 Å². The largest absolute Gasteiger partial charge is 0.494 e. The number of para-hydroxylation sites is 1. The number of ether oxygens (including phenoxy) is 1. The van der Waals surface area contributed by atoms with Crippen LogP contribution < -0.4 is 20.7 Å². The maximum Gasteiger partial charge on any atom is 0.319 e. The molecule has 1 heterocycles. The molecule has 9 nitrogen and oxygen atoms in total. The van der Waals surface area contributed by atoms with E-state index in [9.17, 15) is 19.7 Å². The summed E-state index contributed by atoms with van der Waals surface area (Å²) in [6.45, 7) is 7.77. The van der Waals surface area contributed by atoms with Crippen molar-refractivity contribution in [1.82, 2.24) is 10.6 Å². The molecule has 3 N–H and O–H groups in total. The van der Waals surface area contributed by atoms with Gasteiger partial charge in [-0.1, -0.05) is 24.8 Å². The highest BCUT2D eigenvalue weighted by Gasteiger charge is 2.40. The van der Waals surface area contributed by atoms with Gasteiger partial charge >= 0.3 is 6.03 Å². The second kappa shape index (κ2) is 8.64. The van der Waals surface area contributed by atoms with Crippen molar-refractivity contribution in [3.05, 3.63) is 76.0 Å². The fraction of sp³-hybridized carbons (Fsp3) is 0.238. The molecule has 1 fully saturated rings. The third-order valence-electron chi connectivity index (χ3n) is 4.79. The Morgan fingerprint density at radius 1 is 1.30 bits per heavy atom. The quantitative estimate of drug-likeness (QED) is 0.497. The summed E-state index contributed by atoms with van der Waals surface area (Å²) in [5.41, 5.74) is 1.82. The van der Waals surface area contributed by atoms with Gasteiger partial charge in [0, 0.05) is 29.1 Å². The maximum absolute atomic E-state index is 13.2. The molecule has 156 valence electrons. The van der Waals surface area contributed by atoms with Crippen molar-refractivity contribution in [2.75, 3.05) is 11.9 Å². The molecule has 0 unspecified atom stereocenters. The minimum absolute atomic E-state index is 0.176. The number of carbonyl (C=O) groups is 2. The van der Waals surface area contributed by atoms with Crippen molar-refractivity contribution in [2.24, 2.45) is 5.92 Å². The minimum Gasteiger partial charge on any atom is -0.494 e. The highest BCUT2D eigenvalue weighted by molar-refractivity contribution is 5.97. The molecule has 2 atom stereocenters. The van der Waals surface area contributed by atoms with Gasteiger partial charge in [-0.2, -0.15) is 0 Å². The van der Waals surface area contributed by atoms with Crippen LogP contribution in [0.4, 0.5) is 16.2 Å². The summed E-state index contributed by atoms with van der Waals surface area (Å²) >= 11 is 0. The first kappa shape index (κ1) is 20.8. The number of carbonyl (C=O) groups excluding carboxylic acids is 2. The molecule has 2 aromatic rings. The topological polar surface area (TPSA) is 123 Å². The van der Waals surface area contributed by atoms with E-state index < -0.39 is 28.8 Å². The molecule has 0 bridgehead atoms. The number of urea groups is 1. The zero-order valence-electron chi connectivity index (χ0n) is 16.6. The van der Waals surface area contributed by atoms with Crippen molar-refractivity contribution in [3.63, 3.8) is 0 Å². The van der Waals surface area contributed by atoms with Gasteiger partial charge in [0.05, 0.1) is 17.6 Å². The van der Waals surface area contributed by atoms with E-state index in [-0.39, 0.29) is 11.4 Å². The van der Waals surface area contributed by atoms with Crippen LogP contribution in [0.3, 0.4) is 0 Å². The average Bonchev–Trinajstić information content (AvgIpc) is 2.69. The molecule has 2 aromatic carbocycles. The lowest BCUT2D eigenvalue weighted by molar-refractivity contribution is -0.385. The molecular weight excluding hydrogens is 388 g/mol. The SMILES string of the molecule is C=C1NC(=O)N[C@H](c2cc([N+](=O)[O-])ccc2OCC)[C@@H]1C(=O)Nc1ccccc1C. The highest BCUT2D eigenvalue weighted by Crippen LogP contribution is 2.37. The first-order chi connectivity index (χ1) is 14.3. The number of nitro benzene ring substituents is 1. The van der Waals surface area contributed by atoms with E-state index in [0.29, 0.717) is 23.6 Å². The Hall–Kier alpha value is -3.88. The van der Waals surface area contributed by atoms with Gasteiger partial charge in [0.1, 0.15) is 11.7 Å². The lowest BCUT2D eigenvalue weighted by Crippen LogP contribution is -2.52. The van der Waals surface area contributed by atoms with Crippen LogP contribution in [0.25, 0.3) is 0 Å². The van der Waals surface area contributed by atoms with Crippen molar-refractivity contribution in [2.45, 2.75) is 19.9 Å². The van der Waals surface area contributed by atoms with Crippen LogP contribution in [0.15, 0.2) is 54.7 Å². The summed E-state index contributed by atoms with van der Waals surface area (Å²) in [6, 6.07) is 9.89. The summed E-state index contributed by atoms with van der Waals surface area (Å²) in [4.78, 5) is 36.1. The van der Waals surface area contributed by atoms with Gasteiger partial charge in [-0.15, -0.1) is 0 Å².